The molecule has 6 heteroatoms. The maximum absolute atomic E-state index is 11.2. The Labute approximate surface area is 115 Å². The molecule has 0 aromatic carbocycles. The van der Waals surface area contributed by atoms with Crippen LogP contribution in [-0.4, -0.2) is 42.3 Å². The molecule has 3 atom stereocenters. The number of rotatable bonds is 4. The van der Waals surface area contributed by atoms with Crippen LogP contribution in [0.4, 0.5) is 0 Å². The molecule has 18 heavy (non-hydrogen) atoms. The van der Waals surface area contributed by atoms with Crippen molar-refractivity contribution in [1.29, 1.82) is 0 Å². The number of halogens is 1. The topological polar surface area (TPSA) is 49.8 Å². The van der Waals surface area contributed by atoms with Gasteiger partial charge >= 0.3 is 5.97 Å². The van der Waals surface area contributed by atoms with Gasteiger partial charge in [0.1, 0.15) is 0 Å². The summed E-state index contributed by atoms with van der Waals surface area (Å²) in [5, 5.41) is 9.16. The lowest BCUT2D eigenvalue weighted by molar-refractivity contribution is -0.143. The van der Waals surface area contributed by atoms with Crippen molar-refractivity contribution in [3.8, 4) is 0 Å². The van der Waals surface area contributed by atoms with Crippen molar-refractivity contribution < 1.29 is 14.6 Å². The van der Waals surface area contributed by atoms with E-state index in [1.54, 1.807) is 0 Å². The highest BCUT2D eigenvalue weighted by Gasteiger charge is 2.38. The zero-order valence-corrected chi connectivity index (χ0v) is 11.9. The number of carboxylic acid groups (broad SMARTS) is 1. The lowest BCUT2D eigenvalue weighted by Gasteiger charge is -2.31. The molecule has 1 fully saturated rings. The average molecular weight is 290 g/mol. The van der Waals surface area contributed by atoms with Gasteiger partial charge in [0.25, 0.3) is 0 Å². The molecule has 0 radical (unpaired) electrons. The second-order valence-electron chi connectivity index (χ2n) is 4.53. The number of aliphatic carboxylic acids is 1. The van der Waals surface area contributed by atoms with Crippen LogP contribution in [0, 0.1) is 5.92 Å². The molecule has 0 amide bonds. The maximum atomic E-state index is 11.2. The Balaban J connectivity index is 2.10. The fraction of sp³-hybridized carbons (Fsp3) is 0.583. The Morgan fingerprint density at radius 2 is 2.33 bits per heavy atom. The van der Waals surface area contributed by atoms with Crippen LogP contribution in [0.25, 0.3) is 0 Å². The van der Waals surface area contributed by atoms with Crippen molar-refractivity contribution in [1.82, 2.24) is 4.90 Å². The summed E-state index contributed by atoms with van der Waals surface area (Å²) >= 11 is 7.46. The van der Waals surface area contributed by atoms with Gasteiger partial charge in [0.15, 0.2) is 0 Å². The summed E-state index contributed by atoms with van der Waals surface area (Å²) in [6, 6.07) is 3.90. The van der Waals surface area contributed by atoms with Crippen molar-refractivity contribution in [2.75, 3.05) is 20.3 Å². The third-order valence-corrected chi connectivity index (χ3v) is 4.91. The average Bonchev–Trinajstić information content (AvgIpc) is 2.95. The highest BCUT2D eigenvalue weighted by atomic mass is 35.5. The molecular formula is C12H16ClNO3S. The molecular weight excluding hydrogens is 274 g/mol. The second kappa shape index (κ2) is 5.57. The van der Waals surface area contributed by atoms with E-state index in [2.05, 4.69) is 11.8 Å². The number of likely N-dealkylation sites (N-methyl/N-ethyl adjacent to an activating group) is 1. The van der Waals surface area contributed by atoms with Crippen molar-refractivity contribution in [3.05, 3.63) is 21.3 Å². The van der Waals surface area contributed by atoms with E-state index in [0.29, 0.717) is 13.2 Å². The van der Waals surface area contributed by atoms with Crippen LogP contribution in [0.1, 0.15) is 17.8 Å². The molecule has 1 N–H and O–H groups in total. The Kier molecular flexibility index (Phi) is 4.27. The monoisotopic (exact) mass is 289 g/mol. The van der Waals surface area contributed by atoms with Crippen molar-refractivity contribution in [2.45, 2.75) is 19.0 Å². The maximum Gasteiger partial charge on any atom is 0.310 e. The molecule has 0 saturated carbocycles. The minimum atomic E-state index is -0.791. The molecule has 1 aromatic rings. The van der Waals surface area contributed by atoms with Crippen LogP contribution < -0.4 is 0 Å². The normalized spacial score (nSPS) is 25.6. The van der Waals surface area contributed by atoms with Crippen molar-refractivity contribution in [2.24, 2.45) is 5.92 Å². The van der Waals surface area contributed by atoms with Gasteiger partial charge in [-0.05, 0) is 26.1 Å². The van der Waals surface area contributed by atoms with E-state index < -0.39 is 11.9 Å². The van der Waals surface area contributed by atoms with Gasteiger partial charge < -0.3 is 9.84 Å². The molecule has 4 nitrogen and oxygen atoms in total. The molecule has 1 saturated heterocycles. The fourth-order valence-electron chi connectivity index (χ4n) is 2.22. The molecule has 0 spiro atoms. The van der Waals surface area contributed by atoms with Gasteiger partial charge in [0.2, 0.25) is 0 Å². The molecule has 3 unspecified atom stereocenters. The zero-order chi connectivity index (χ0) is 13.3. The van der Waals surface area contributed by atoms with Crippen LogP contribution in [0.2, 0.25) is 4.34 Å². The first kappa shape index (κ1) is 13.8. The van der Waals surface area contributed by atoms with Crippen molar-refractivity contribution >= 4 is 28.9 Å². The minimum absolute atomic E-state index is 0.0848. The Bertz CT molecular complexity index is 437. The van der Waals surface area contributed by atoms with Crippen LogP contribution >= 0.6 is 22.9 Å². The number of ether oxygens (including phenoxy) is 1. The lowest BCUT2D eigenvalue weighted by Crippen LogP contribution is -2.41. The highest BCUT2D eigenvalue weighted by Crippen LogP contribution is 2.32. The summed E-state index contributed by atoms with van der Waals surface area (Å²) in [6.45, 7) is 2.82. The second-order valence-corrected chi connectivity index (χ2v) is 6.28. The SMILES string of the molecule is CC(c1ccc(Cl)s1)N(C)C1COCC1C(=O)O. The van der Waals surface area contributed by atoms with Gasteiger partial charge in [-0.3, -0.25) is 9.69 Å². The number of hydrogen-bond donors (Lipinski definition) is 1. The van der Waals surface area contributed by atoms with E-state index in [9.17, 15) is 4.79 Å². The number of thiophene rings is 1. The van der Waals surface area contributed by atoms with E-state index in [0.717, 1.165) is 9.21 Å². The van der Waals surface area contributed by atoms with E-state index >= 15 is 0 Å². The van der Waals surface area contributed by atoms with Gasteiger partial charge in [0.05, 0.1) is 23.5 Å². The molecule has 0 bridgehead atoms. The first-order valence-electron chi connectivity index (χ1n) is 5.78. The molecule has 1 aliphatic rings. The Morgan fingerprint density at radius 1 is 1.61 bits per heavy atom. The Hall–Kier alpha value is -0.620. The van der Waals surface area contributed by atoms with Crippen LogP contribution in [0.15, 0.2) is 12.1 Å². The first-order chi connectivity index (χ1) is 8.50. The van der Waals surface area contributed by atoms with Crippen LogP contribution in [-0.2, 0) is 9.53 Å². The smallest absolute Gasteiger partial charge is 0.310 e. The van der Waals surface area contributed by atoms with Crippen LogP contribution in [0.3, 0.4) is 0 Å². The van der Waals surface area contributed by atoms with E-state index in [1.807, 2.05) is 19.2 Å². The number of carboxylic acids is 1. The third kappa shape index (κ3) is 2.69. The van der Waals surface area contributed by atoms with E-state index in [-0.39, 0.29) is 12.1 Å². The molecule has 2 rings (SSSR count). The number of hydrogen-bond acceptors (Lipinski definition) is 4. The number of nitrogens with zero attached hydrogens (tertiary/aromatic N) is 1. The van der Waals surface area contributed by atoms with Gasteiger partial charge in [-0.1, -0.05) is 11.6 Å². The first-order valence-corrected chi connectivity index (χ1v) is 6.98. The standard InChI is InChI=1S/C12H16ClNO3S/c1-7(10-3-4-11(13)18-10)14(2)9-6-17-5-8(9)12(15)16/h3-4,7-9H,5-6H2,1-2H3,(H,15,16). The predicted molar refractivity (Wildman–Crippen MR) is 71.2 cm³/mol. The number of carbonyl (C=O) groups is 1. The molecule has 1 aliphatic heterocycles. The van der Waals surface area contributed by atoms with Gasteiger partial charge in [-0.15, -0.1) is 11.3 Å². The summed E-state index contributed by atoms with van der Waals surface area (Å²) < 4.78 is 6.05. The predicted octanol–water partition coefficient (Wildman–Crippen LogP) is 2.49. The summed E-state index contributed by atoms with van der Waals surface area (Å²) in [5.41, 5.74) is 0. The molecule has 2 heterocycles. The fourth-order valence-corrected chi connectivity index (χ4v) is 3.39. The molecule has 0 aliphatic carbocycles. The highest BCUT2D eigenvalue weighted by molar-refractivity contribution is 7.16. The zero-order valence-electron chi connectivity index (χ0n) is 10.3. The summed E-state index contributed by atoms with van der Waals surface area (Å²) in [7, 11) is 1.94. The minimum Gasteiger partial charge on any atom is -0.481 e. The molecule has 100 valence electrons. The third-order valence-electron chi connectivity index (χ3n) is 3.51. The molecule has 1 aromatic heterocycles. The van der Waals surface area contributed by atoms with Gasteiger partial charge in [-0.25, -0.2) is 0 Å². The van der Waals surface area contributed by atoms with Gasteiger partial charge in [-0.2, -0.15) is 0 Å². The van der Waals surface area contributed by atoms with Crippen LogP contribution in [0.5, 0.6) is 0 Å². The summed E-state index contributed by atoms with van der Waals surface area (Å²) in [6.07, 6.45) is 0. The lowest BCUT2D eigenvalue weighted by atomic mass is 10.0. The largest absolute Gasteiger partial charge is 0.481 e. The summed E-state index contributed by atoms with van der Waals surface area (Å²) in [4.78, 5) is 14.4. The summed E-state index contributed by atoms with van der Waals surface area (Å²) in [5.74, 6) is -1.24. The van der Waals surface area contributed by atoms with Gasteiger partial charge in [0, 0.05) is 17.0 Å². The van der Waals surface area contributed by atoms with E-state index in [1.165, 1.54) is 11.3 Å². The Morgan fingerprint density at radius 3 is 2.89 bits per heavy atom. The quantitative estimate of drug-likeness (QED) is 0.925. The van der Waals surface area contributed by atoms with Crippen molar-refractivity contribution in [3.63, 3.8) is 0 Å². The van der Waals surface area contributed by atoms with E-state index in [4.69, 9.17) is 21.4 Å².